The summed E-state index contributed by atoms with van der Waals surface area (Å²) in [7, 11) is -4.14. The number of nitrogens with zero attached hydrogens (tertiary/aromatic N) is 5. The van der Waals surface area contributed by atoms with Crippen LogP contribution in [0.4, 0.5) is 8.78 Å². The molecule has 1 aromatic carbocycles. The molecule has 26 heavy (non-hydrogen) atoms. The fourth-order valence-electron chi connectivity index (χ4n) is 2.52. The molecule has 0 amide bonds. The van der Waals surface area contributed by atoms with Gasteiger partial charge >= 0.3 is 0 Å². The second kappa shape index (κ2) is 6.18. The van der Waals surface area contributed by atoms with Crippen LogP contribution in [-0.4, -0.2) is 45.9 Å². The Morgan fingerprint density at radius 2 is 2.00 bits per heavy atom. The van der Waals surface area contributed by atoms with Gasteiger partial charge in [-0.15, -0.1) is 0 Å². The first-order chi connectivity index (χ1) is 12.4. The van der Waals surface area contributed by atoms with Crippen molar-refractivity contribution in [3.8, 4) is 11.5 Å². The Balaban J connectivity index is 1.50. The van der Waals surface area contributed by atoms with Gasteiger partial charge in [0.05, 0.1) is 12.1 Å². The van der Waals surface area contributed by atoms with Gasteiger partial charge in [-0.1, -0.05) is 5.16 Å². The predicted molar refractivity (Wildman–Crippen MR) is 83.2 cm³/mol. The number of halogens is 2. The van der Waals surface area contributed by atoms with E-state index in [0.29, 0.717) is 11.8 Å². The zero-order chi connectivity index (χ0) is 18.3. The molecule has 8 nitrogen and oxygen atoms in total. The summed E-state index contributed by atoms with van der Waals surface area (Å²) >= 11 is 0. The summed E-state index contributed by atoms with van der Waals surface area (Å²) in [5.41, 5.74) is 0.424. The maximum atomic E-state index is 13.8. The molecular weight excluding hydrogens is 368 g/mol. The Morgan fingerprint density at radius 3 is 2.73 bits per heavy atom. The first kappa shape index (κ1) is 16.7. The van der Waals surface area contributed by atoms with Crippen LogP contribution in [-0.2, 0) is 10.0 Å². The second-order valence-corrected chi connectivity index (χ2v) is 7.55. The lowest BCUT2D eigenvalue weighted by atomic mass is 10.0. The lowest BCUT2D eigenvalue weighted by molar-refractivity contribution is 0.216. The van der Waals surface area contributed by atoms with Crippen molar-refractivity contribution in [2.75, 3.05) is 13.1 Å². The molecule has 0 bridgehead atoms. The summed E-state index contributed by atoms with van der Waals surface area (Å²) in [4.78, 5) is 11.4. The van der Waals surface area contributed by atoms with Gasteiger partial charge in [0, 0.05) is 25.5 Å². The van der Waals surface area contributed by atoms with Crippen molar-refractivity contribution in [1.82, 2.24) is 24.4 Å². The molecule has 1 fully saturated rings. The van der Waals surface area contributed by atoms with Crippen molar-refractivity contribution < 1.29 is 21.7 Å². The third kappa shape index (κ3) is 2.84. The quantitative estimate of drug-likeness (QED) is 0.678. The van der Waals surface area contributed by atoms with Crippen molar-refractivity contribution in [2.45, 2.75) is 10.8 Å². The first-order valence-electron chi connectivity index (χ1n) is 7.50. The van der Waals surface area contributed by atoms with Crippen molar-refractivity contribution in [1.29, 1.82) is 0 Å². The molecule has 1 aliphatic heterocycles. The monoisotopic (exact) mass is 379 g/mol. The lowest BCUT2D eigenvalue weighted by Gasteiger charge is -2.35. The number of sulfonamides is 1. The predicted octanol–water partition coefficient (Wildman–Crippen LogP) is 1.59. The Morgan fingerprint density at radius 1 is 1.19 bits per heavy atom. The lowest BCUT2D eigenvalue weighted by Crippen LogP contribution is -2.48. The first-order valence-corrected chi connectivity index (χ1v) is 8.94. The molecule has 0 unspecified atom stereocenters. The van der Waals surface area contributed by atoms with Crippen LogP contribution >= 0.6 is 0 Å². The summed E-state index contributed by atoms with van der Waals surface area (Å²) in [6, 6.07) is 2.31. The maximum absolute atomic E-state index is 13.8. The van der Waals surface area contributed by atoms with Crippen molar-refractivity contribution >= 4 is 10.0 Å². The molecular formula is C15H11F2N5O3S. The standard InChI is InChI=1S/C15H11F2N5O3S/c16-10-1-2-11(17)13(5-10)26(23,24)22-7-9(8-22)15-20-14(21-25-15)12-6-18-3-4-19-12/h1-6,9H,7-8H2. The minimum Gasteiger partial charge on any atom is -0.339 e. The van der Waals surface area contributed by atoms with E-state index in [1.165, 1.54) is 18.6 Å². The van der Waals surface area contributed by atoms with E-state index in [1.54, 1.807) is 0 Å². The van der Waals surface area contributed by atoms with Gasteiger partial charge in [-0.2, -0.15) is 9.29 Å². The summed E-state index contributed by atoms with van der Waals surface area (Å²) in [6.07, 6.45) is 4.46. The Bertz CT molecular complexity index is 1050. The third-order valence-electron chi connectivity index (χ3n) is 3.94. The van der Waals surface area contributed by atoms with Crippen LogP contribution in [0.15, 0.2) is 46.2 Å². The molecule has 0 N–H and O–H groups in total. The molecule has 4 rings (SSSR count). The van der Waals surface area contributed by atoms with E-state index in [2.05, 4.69) is 20.1 Å². The summed E-state index contributed by atoms with van der Waals surface area (Å²) in [6.45, 7) is 0.0563. The van der Waals surface area contributed by atoms with Crippen molar-refractivity contribution in [3.05, 3.63) is 54.3 Å². The van der Waals surface area contributed by atoms with Crippen LogP contribution in [0.25, 0.3) is 11.5 Å². The minimum atomic E-state index is -4.14. The highest BCUT2D eigenvalue weighted by molar-refractivity contribution is 7.89. The van der Waals surface area contributed by atoms with Gasteiger partial charge in [0.1, 0.15) is 22.2 Å². The number of hydrogen-bond acceptors (Lipinski definition) is 7. The fourth-order valence-corrected chi connectivity index (χ4v) is 4.13. The van der Waals surface area contributed by atoms with Gasteiger partial charge in [-0.3, -0.25) is 4.98 Å². The SMILES string of the molecule is O=S(=O)(c1cc(F)ccc1F)N1CC(c2nc(-c3cnccn3)no2)C1. The van der Waals surface area contributed by atoms with Crippen LogP contribution in [0, 0.1) is 11.6 Å². The summed E-state index contributed by atoms with van der Waals surface area (Å²) in [5, 5.41) is 3.79. The Kier molecular flexibility index (Phi) is 3.96. The van der Waals surface area contributed by atoms with E-state index in [-0.39, 0.29) is 30.7 Å². The van der Waals surface area contributed by atoms with Crippen LogP contribution in [0.1, 0.15) is 11.8 Å². The smallest absolute Gasteiger partial charge is 0.246 e. The number of benzene rings is 1. The second-order valence-electron chi connectivity index (χ2n) is 5.64. The van der Waals surface area contributed by atoms with Crippen molar-refractivity contribution in [3.63, 3.8) is 0 Å². The van der Waals surface area contributed by atoms with Crippen LogP contribution in [0.3, 0.4) is 0 Å². The van der Waals surface area contributed by atoms with Gasteiger partial charge in [0.25, 0.3) is 0 Å². The zero-order valence-electron chi connectivity index (χ0n) is 13.1. The molecule has 134 valence electrons. The third-order valence-corrected chi connectivity index (χ3v) is 5.79. The van der Waals surface area contributed by atoms with Crippen LogP contribution in [0.5, 0.6) is 0 Å². The topological polar surface area (TPSA) is 102 Å². The normalized spacial score (nSPS) is 15.8. The molecule has 1 saturated heterocycles. The molecule has 0 spiro atoms. The van der Waals surface area contributed by atoms with Gasteiger partial charge in [0.15, 0.2) is 0 Å². The minimum absolute atomic E-state index is 0.0282. The average Bonchev–Trinajstić information content (AvgIpc) is 3.06. The highest BCUT2D eigenvalue weighted by Gasteiger charge is 2.41. The molecule has 1 aliphatic rings. The van der Waals surface area contributed by atoms with Crippen LogP contribution in [0.2, 0.25) is 0 Å². The summed E-state index contributed by atoms with van der Waals surface area (Å²) in [5.74, 6) is -1.67. The molecule has 2 aromatic heterocycles. The van der Waals surface area contributed by atoms with Crippen LogP contribution < -0.4 is 0 Å². The fraction of sp³-hybridized carbons (Fsp3) is 0.200. The van der Waals surface area contributed by atoms with Gasteiger partial charge in [-0.05, 0) is 18.2 Å². The van der Waals surface area contributed by atoms with Gasteiger partial charge in [-0.25, -0.2) is 22.2 Å². The average molecular weight is 379 g/mol. The summed E-state index contributed by atoms with van der Waals surface area (Å²) < 4.78 is 58.1. The molecule has 11 heteroatoms. The number of rotatable bonds is 4. The zero-order valence-corrected chi connectivity index (χ0v) is 13.9. The highest BCUT2D eigenvalue weighted by atomic mass is 32.2. The van der Waals surface area contributed by atoms with Crippen molar-refractivity contribution in [2.24, 2.45) is 0 Å². The van der Waals surface area contributed by atoms with Gasteiger partial charge in [0.2, 0.25) is 21.7 Å². The number of hydrogen-bond donors (Lipinski definition) is 0. The van der Waals surface area contributed by atoms with E-state index in [1.807, 2.05) is 0 Å². The van der Waals surface area contributed by atoms with E-state index in [4.69, 9.17) is 4.52 Å². The molecule has 0 atom stereocenters. The molecule has 3 heterocycles. The number of aromatic nitrogens is 4. The van der Waals surface area contributed by atoms with E-state index >= 15 is 0 Å². The molecule has 0 radical (unpaired) electrons. The Hall–Kier alpha value is -2.79. The molecule has 0 saturated carbocycles. The van der Waals surface area contributed by atoms with E-state index in [9.17, 15) is 17.2 Å². The molecule has 3 aromatic rings. The van der Waals surface area contributed by atoms with Gasteiger partial charge < -0.3 is 4.52 Å². The molecule has 0 aliphatic carbocycles. The largest absolute Gasteiger partial charge is 0.339 e. The Labute approximate surface area is 146 Å². The highest BCUT2D eigenvalue weighted by Crippen LogP contribution is 2.32. The van der Waals surface area contributed by atoms with E-state index in [0.717, 1.165) is 16.4 Å². The maximum Gasteiger partial charge on any atom is 0.246 e. The van der Waals surface area contributed by atoms with E-state index < -0.39 is 26.6 Å².